The van der Waals surface area contributed by atoms with Crippen LogP contribution in [0.5, 0.6) is 11.5 Å². The van der Waals surface area contributed by atoms with Gasteiger partial charge in [-0.25, -0.2) is 34.4 Å². The van der Waals surface area contributed by atoms with E-state index >= 15 is 0 Å². The molecule has 1 atom stereocenters. The molecule has 14 nitrogen and oxygen atoms in total. The number of carbonyl (C=O) groups excluding carboxylic acids is 2. The molecular weight excluding hydrogens is 1000 g/mol. The highest BCUT2D eigenvalue weighted by Gasteiger charge is 2.33. The largest absolute Gasteiger partial charge is 0.493 e. The summed E-state index contributed by atoms with van der Waals surface area (Å²) in [6.07, 6.45) is 9.20. The number of nitrogens with zero attached hydrogens (tertiary/aromatic N) is 2. The fourth-order valence-corrected chi connectivity index (χ4v) is 10.5. The van der Waals surface area contributed by atoms with Crippen molar-refractivity contribution in [2.75, 3.05) is 44.3 Å². The highest BCUT2D eigenvalue weighted by Crippen LogP contribution is 2.42. The van der Waals surface area contributed by atoms with Crippen molar-refractivity contribution in [2.45, 2.75) is 32.2 Å². The Balaban J connectivity index is 0.000000190. The van der Waals surface area contributed by atoms with Crippen molar-refractivity contribution in [3.63, 3.8) is 0 Å². The predicted molar refractivity (Wildman–Crippen MR) is 266 cm³/mol. The summed E-state index contributed by atoms with van der Waals surface area (Å²) in [7, 11) is -5.93. The Bertz CT molecular complexity index is 3720. The van der Waals surface area contributed by atoms with Gasteiger partial charge in [0.2, 0.25) is 0 Å². The average molecular weight is 1050 g/mol. The van der Waals surface area contributed by atoms with Crippen molar-refractivity contribution in [1.82, 2.24) is 19.4 Å². The van der Waals surface area contributed by atoms with Crippen molar-refractivity contribution in [3.05, 3.63) is 170 Å². The second-order valence-corrected chi connectivity index (χ2v) is 21.7. The Labute approximate surface area is 416 Å². The second-order valence-electron chi connectivity index (χ2n) is 17.4. The summed E-state index contributed by atoms with van der Waals surface area (Å²) >= 11 is 0. The van der Waals surface area contributed by atoms with E-state index in [-0.39, 0.29) is 59.1 Å². The molecule has 376 valence electrons. The maximum atomic E-state index is 14.7. The van der Waals surface area contributed by atoms with Crippen molar-refractivity contribution in [2.24, 2.45) is 0 Å². The first-order valence-corrected chi connectivity index (χ1v) is 26.2. The molecule has 72 heavy (non-hydrogen) atoms. The molecule has 4 aromatic carbocycles. The van der Waals surface area contributed by atoms with Gasteiger partial charge in [0.1, 0.15) is 46.3 Å². The van der Waals surface area contributed by atoms with E-state index in [0.29, 0.717) is 70.5 Å². The number of H-pyrrole nitrogens is 1. The summed E-state index contributed by atoms with van der Waals surface area (Å²) in [5.41, 5.74) is 3.75. The van der Waals surface area contributed by atoms with Crippen LogP contribution in [-0.4, -0.2) is 93.1 Å². The Morgan fingerprint density at radius 3 is 1.71 bits per heavy atom. The SMILES string of the molecule is COC1NC=CC=C1c1c(C(=O)CS(C)(=O)=O)n(Cc2cc(F)ccc2F)c2cc3c(cc12)OCC3.CS(=O)(=O)CC(=O)c1c(-c2ccc[nH]c2=O)c2cc3c(cc2n1Cc1cc(F)ccc1F)CCO3.Cl. The molecule has 1 unspecified atom stereocenters. The molecule has 3 aromatic heterocycles. The Morgan fingerprint density at radius 2 is 1.22 bits per heavy atom. The number of Topliss-reactive ketones (excluding diaryl/α,β-unsaturated/α-hetero) is 2. The fraction of sp³-hybridized carbons (Fsp3) is 0.235. The number of sulfone groups is 2. The monoisotopic (exact) mass is 1050 g/mol. The molecule has 3 aliphatic rings. The molecule has 21 heteroatoms. The van der Waals surface area contributed by atoms with Crippen LogP contribution in [0.15, 0.2) is 102 Å². The van der Waals surface area contributed by atoms with Crippen LogP contribution < -0.4 is 20.3 Å². The zero-order chi connectivity index (χ0) is 50.5. The van der Waals surface area contributed by atoms with Gasteiger partial charge < -0.3 is 33.6 Å². The van der Waals surface area contributed by atoms with E-state index in [0.717, 1.165) is 60.0 Å². The molecule has 10 rings (SSSR count). The van der Waals surface area contributed by atoms with Crippen molar-refractivity contribution in [1.29, 1.82) is 0 Å². The molecule has 3 aliphatic heterocycles. The first kappa shape index (κ1) is 51.4. The maximum Gasteiger partial charge on any atom is 0.255 e. The van der Waals surface area contributed by atoms with Gasteiger partial charge in [-0.3, -0.25) is 14.4 Å². The van der Waals surface area contributed by atoms with Gasteiger partial charge in [-0.1, -0.05) is 6.08 Å². The minimum absolute atomic E-state index is 0. The van der Waals surface area contributed by atoms with Crippen LogP contribution >= 0.6 is 12.4 Å². The van der Waals surface area contributed by atoms with Gasteiger partial charge in [-0.15, -0.1) is 12.4 Å². The summed E-state index contributed by atoms with van der Waals surface area (Å²) in [4.78, 5) is 42.4. The topological polar surface area (TPSA) is 185 Å². The highest BCUT2D eigenvalue weighted by molar-refractivity contribution is 7.91. The summed E-state index contributed by atoms with van der Waals surface area (Å²) in [6, 6.07) is 16.4. The molecular formula is C51H45ClF4N4O10S2. The summed E-state index contributed by atoms with van der Waals surface area (Å²) in [5.74, 6) is -4.33. The third-order valence-corrected chi connectivity index (χ3v) is 13.8. The van der Waals surface area contributed by atoms with Crippen LogP contribution in [0.3, 0.4) is 0 Å². The third kappa shape index (κ3) is 10.3. The second kappa shape index (κ2) is 20.2. The number of ketones is 2. The number of hydrogen-bond donors (Lipinski definition) is 2. The Morgan fingerprint density at radius 1 is 0.722 bits per heavy atom. The van der Waals surface area contributed by atoms with Crippen LogP contribution in [-0.2, 0) is 50.3 Å². The van der Waals surface area contributed by atoms with Gasteiger partial charge in [-0.2, -0.15) is 0 Å². The molecule has 0 aliphatic carbocycles. The molecule has 2 N–H and O–H groups in total. The molecule has 0 bridgehead atoms. The minimum Gasteiger partial charge on any atom is -0.493 e. The standard InChI is InChI=1S/C26H24F2N2O5S.C25H20F2N2O5S.ClH/c1-34-26-18(4-3-8-29-26)24-19-12-23-15(7-9-35-23)11-21(19)30(25(24)22(31)14-36(2,32)33)13-16-10-17(27)5-6-20(16)28;1-35(32,33)13-21(30)24-23(17-3-2-7-28-25(17)31)18-11-22-14(6-8-34-22)10-20(18)29(24)12-15-9-16(26)4-5-19(15)27;/h3-6,8,10-12,26,29H,7,9,13-14H2,1-2H3;2-5,7,9-11H,6,8,12-13H2,1H3,(H,28,31);1H. The number of fused-ring (bicyclic) bond motifs is 4. The zero-order valence-corrected chi connectivity index (χ0v) is 41.1. The number of aromatic amines is 1. The van der Waals surface area contributed by atoms with E-state index in [1.807, 2.05) is 12.1 Å². The quantitative estimate of drug-likeness (QED) is 0.0861. The average Bonchev–Trinajstić information content (AvgIpc) is 4.10. The number of methoxy groups -OCH3 is 1. The van der Waals surface area contributed by atoms with E-state index in [4.69, 9.17) is 14.2 Å². The zero-order valence-electron chi connectivity index (χ0n) is 38.7. The number of rotatable bonds is 13. The van der Waals surface area contributed by atoms with Crippen LogP contribution in [0.2, 0.25) is 0 Å². The number of nitrogens with one attached hydrogen (secondary N) is 2. The first-order valence-electron chi connectivity index (χ1n) is 22.1. The van der Waals surface area contributed by atoms with Crippen LogP contribution in [0.4, 0.5) is 17.6 Å². The Hall–Kier alpha value is -7.00. The van der Waals surface area contributed by atoms with E-state index < -0.39 is 77.8 Å². The smallest absolute Gasteiger partial charge is 0.255 e. The van der Waals surface area contributed by atoms with Crippen molar-refractivity contribution >= 4 is 71.0 Å². The van der Waals surface area contributed by atoms with Crippen molar-refractivity contribution < 1.29 is 58.2 Å². The minimum atomic E-state index is -3.74. The normalized spacial score (nSPS) is 14.9. The predicted octanol–water partition coefficient (Wildman–Crippen LogP) is 7.51. The lowest BCUT2D eigenvalue weighted by molar-refractivity contribution is 0.0999. The van der Waals surface area contributed by atoms with Gasteiger partial charge in [-0.05, 0) is 96.2 Å². The van der Waals surface area contributed by atoms with Gasteiger partial charge in [0.05, 0.1) is 48.7 Å². The van der Waals surface area contributed by atoms with Crippen molar-refractivity contribution in [3.8, 4) is 22.6 Å². The molecule has 0 saturated carbocycles. The molecule has 0 amide bonds. The van der Waals surface area contributed by atoms with Gasteiger partial charge in [0, 0.05) is 82.8 Å². The van der Waals surface area contributed by atoms with Gasteiger partial charge in [0.25, 0.3) is 5.56 Å². The molecule has 0 saturated heterocycles. The van der Waals surface area contributed by atoms with Crippen LogP contribution in [0.25, 0.3) is 38.5 Å². The van der Waals surface area contributed by atoms with Crippen LogP contribution in [0, 0.1) is 23.3 Å². The molecule has 0 fully saturated rings. The summed E-state index contributed by atoms with van der Waals surface area (Å²) in [6.45, 7) is 0.527. The lowest BCUT2D eigenvalue weighted by Crippen LogP contribution is -2.30. The lowest BCUT2D eigenvalue weighted by Gasteiger charge is -2.23. The molecule has 0 radical (unpaired) electrons. The number of allylic oxidation sites excluding steroid dienone is 2. The van der Waals surface area contributed by atoms with E-state index in [1.165, 1.54) is 23.9 Å². The lowest BCUT2D eigenvalue weighted by atomic mass is 9.96. The van der Waals surface area contributed by atoms with Gasteiger partial charge in [0.15, 0.2) is 37.5 Å². The number of pyridine rings is 1. The number of ether oxygens (including phenoxy) is 3. The molecule has 7 aromatic rings. The number of halogens is 5. The van der Waals surface area contributed by atoms with Gasteiger partial charge >= 0.3 is 0 Å². The third-order valence-electron chi connectivity index (χ3n) is 12.3. The maximum absolute atomic E-state index is 14.7. The fourth-order valence-electron chi connectivity index (χ4n) is 9.29. The highest BCUT2D eigenvalue weighted by atomic mass is 35.5. The summed E-state index contributed by atoms with van der Waals surface area (Å²) < 4.78 is 126. The number of benzene rings is 4. The number of hydrogen-bond acceptors (Lipinski definition) is 11. The van der Waals surface area contributed by atoms with E-state index in [1.54, 1.807) is 41.1 Å². The van der Waals surface area contributed by atoms with E-state index in [2.05, 4.69) is 10.3 Å². The number of aromatic nitrogens is 3. The number of carbonyl (C=O) groups is 2. The summed E-state index contributed by atoms with van der Waals surface area (Å²) in [5, 5.41) is 4.16. The van der Waals surface area contributed by atoms with E-state index in [9.17, 15) is 48.8 Å². The molecule has 6 heterocycles. The number of dihydropyridines is 1. The van der Waals surface area contributed by atoms with Crippen LogP contribution in [0.1, 0.15) is 48.8 Å². The first-order chi connectivity index (χ1) is 33.8. The molecule has 0 spiro atoms. The Kier molecular flexibility index (Phi) is 14.4.